The minimum Gasteiger partial charge on any atom is -0.305 e. The highest BCUT2D eigenvalue weighted by atomic mass is 79.9. The van der Waals surface area contributed by atoms with Gasteiger partial charge in [0.15, 0.2) is 0 Å². The number of rotatable bonds is 6. The minimum absolute atomic E-state index is 0.200. The summed E-state index contributed by atoms with van der Waals surface area (Å²) >= 11 is 5.09. The fraction of sp³-hybridized carbons (Fsp3) is 0.333. The summed E-state index contributed by atoms with van der Waals surface area (Å²) in [5, 5.41) is 5.61. The maximum absolute atomic E-state index is 13.3. The quantitative estimate of drug-likeness (QED) is 0.753. The summed E-state index contributed by atoms with van der Waals surface area (Å²) in [5.41, 5.74) is 0.963. The van der Waals surface area contributed by atoms with Gasteiger partial charge >= 0.3 is 0 Å². The van der Waals surface area contributed by atoms with Gasteiger partial charge in [0.05, 0.1) is 0 Å². The van der Waals surface area contributed by atoms with Gasteiger partial charge in [-0.25, -0.2) is 4.39 Å². The van der Waals surface area contributed by atoms with Crippen molar-refractivity contribution in [3.8, 4) is 0 Å². The van der Waals surface area contributed by atoms with Gasteiger partial charge in [-0.2, -0.15) is 0 Å². The molecule has 2 aromatic rings. The van der Waals surface area contributed by atoms with Crippen LogP contribution < -0.4 is 5.32 Å². The highest BCUT2D eigenvalue weighted by Gasteiger charge is 2.11. The van der Waals surface area contributed by atoms with Crippen LogP contribution in [-0.2, 0) is 6.54 Å². The second-order valence-electron chi connectivity index (χ2n) is 4.52. The van der Waals surface area contributed by atoms with E-state index in [2.05, 4.69) is 45.7 Å². The molecule has 0 fully saturated rings. The van der Waals surface area contributed by atoms with E-state index in [1.54, 1.807) is 17.4 Å². The highest BCUT2D eigenvalue weighted by Crippen LogP contribution is 2.24. The molecule has 0 radical (unpaired) electrons. The molecule has 1 atom stereocenters. The first-order valence-electron chi connectivity index (χ1n) is 6.40. The molecule has 0 saturated heterocycles. The van der Waals surface area contributed by atoms with Gasteiger partial charge in [0.25, 0.3) is 0 Å². The van der Waals surface area contributed by atoms with Gasteiger partial charge < -0.3 is 5.32 Å². The van der Waals surface area contributed by atoms with E-state index in [9.17, 15) is 4.39 Å². The highest BCUT2D eigenvalue weighted by molar-refractivity contribution is 9.10. The maximum atomic E-state index is 13.3. The van der Waals surface area contributed by atoms with E-state index < -0.39 is 0 Å². The Hall–Kier alpha value is -0.710. The molecule has 0 bridgehead atoms. The Labute approximate surface area is 126 Å². The SMILES string of the molecule is CCCC(NCc1cc(F)cc(Br)c1)c1cccs1. The Morgan fingerprint density at radius 2 is 2.21 bits per heavy atom. The van der Waals surface area contributed by atoms with Gasteiger partial charge in [-0.05, 0) is 41.6 Å². The largest absolute Gasteiger partial charge is 0.305 e. The van der Waals surface area contributed by atoms with E-state index in [4.69, 9.17) is 0 Å². The lowest BCUT2D eigenvalue weighted by atomic mass is 10.1. The number of benzene rings is 1. The first-order valence-corrected chi connectivity index (χ1v) is 8.08. The number of halogens is 2. The van der Waals surface area contributed by atoms with E-state index >= 15 is 0 Å². The number of hydrogen-bond acceptors (Lipinski definition) is 2. The smallest absolute Gasteiger partial charge is 0.124 e. The molecule has 2 rings (SSSR count). The van der Waals surface area contributed by atoms with Crippen molar-refractivity contribution in [3.05, 3.63) is 56.4 Å². The second kappa shape index (κ2) is 7.17. The van der Waals surface area contributed by atoms with E-state index in [0.717, 1.165) is 22.9 Å². The molecule has 4 heteroatoms. The van der Waals surface area contributed by atoms with Crippen LogP contribution in [0, 0.1) is 5.82 Å². The van der Waals surface area contributed by atoms with Crippen LogP contribution in [0.25, 0.3) is 0 Å². The van der Waals surface area contributed by atoms with E-state index in [1.165, 1.54) is 10.9 Å². The van der Waals surface area contributed by atoms with Crippen molar-refractivity contribution in [3.63, 3.8) is 0 Å². The Morgan fingerprint density at radius 3 is 2.84 bits per heavy atom. The molecule has 0 aliphatic heterocycles. The topological polar surface area (TPSA) is 12.0 Å². The average molecular weight is 342 g/mol. The summed E-state index contributed by atoms with van der Waals surface area (Å²) in [4.78, 5) is 1.34. The molecule has 0 aliphatic rings. The molecule has 1 aromatic carbocycles. The summed E-state index contributed by atoms with van der Waals surface area (Å²) in [6.07, 6.45) is 2.22. The van der Waals surface area contributed by atoms with Gasteiger partial charge in [0.1, 0.15) is 5.82 Å². The lowest BCUT2D eigenvalue weighted by Crippen LogP contribution is -2.20. The molecule has 0 spiro atoms. The van der Waals surface area contributed by atoms with Crippen LogP contribution in [0.2, 0.25) is 0 Å². The zero-order valence-electron chi connectivity index (χ0n) is 10.8. The van der Waals surface area contributed by atoms with Crippen molar-refractivity contribution in [2.24, 2.45) is 0 Å². The fourth-order valence-corrected chi connectivity index (χ4v) is 3.43. The zero-order valence-corrected chi connectivity index (χ0v) is 13.2. The van der Waals surface area contributed by atoms with Crippen LogP contribution in [-0.4, -0.2) is 0 Å². The van der Waals surface area contributed by atoms with Crippen LogP contribution >= 0.6 is 27.3 Å². The summed E-state index contributed by atoms with van der Waals surface area (Å²) < 4.78 is 14.1. The number of nitrogens with one attached hydrogen (secondary N) is 1. The van der Waals surface area contributed by atoms with Crippen LogP contribution in [0.1, 0.15) is 36.2 Å². The van der Waals surface area contributed by atoms with Crippen molar-refractivity contribution in [1.29, 1.82) is 0 Å². The summed E-state index contributed by atoms with van der Waals surface area (Å²) in [6, 6.07) is 9.59. The van der Waals surface area contributed by atoms with Crippen molar-refractivity contribution in [2.45, 2.75) is 32.4 Å². The standard InChI is InChI=1S/C15H17BrFNS/c1-2-4-14(15-5-3-6-19-15)18-10-11-7-12(16)9-13(17)8-11/h3,5-9,14,18H,2,4,10H2,1H3. The van der Waals surface area contributed by atoms with Gasteiger partial charge in [-0.15, -0.1) is 11.3 Å². The van der Waals surface area contributed by atoms with Gasteiger partial charge in [0.2, 0.25) is 0 Å². The van der Waals surface area contributed by atoms with E-state index in [0.29, 0.717) is 12.6 Å². The third-order valence-corrected chi connectivity index (χ3v) is 4.38. The van der Waals surface area contributed by atoms with Gasteiger partial charge in [-0.3, -0.25) is 0 Å². The molecule has 102 valence electrons. The van der Waals surface area contributed by atoms with Crippen molar-refractivity contribution in [1.82, 2.24) is 5.32 Å². The zero-order chi connectivity index (χ0) is 13.7. The van der Waals surface area contributed by atoms with Crippen LogP contribution in [0.5, 0.6) is 0 Å². The summed E-state index contributed by atoms with van der Waals surface area (Å²) in [7, 11) is 0. The van der Waals surface area contributed by atoms with Crippen molar-refractivity contribution in [2.75, 3.05) is 0 Å². The predicted molar refractivity (Wildman–Crippen MR) is 82.9 cm³/mol. The molecule has 1 unspecified atom stereocenters. The fourth-order valence-electron chi connectivity index (χ4n) is 2.08. The maximum Gasteiger partial charge on any atom is 0.124 e. The molecule has 1 nitrogen and oxygen atoms in total. The first kappa shape index (κ1) is 14.7. The summed E-state index contributed by atoms with van der Waals surface area (Å²) in [5.74, 6) is -0.200. The van der Waals surface area contributed by atoms with Crippen molar-refractivity contribution >= 4 is 27.3 Å². The second-order valence-corrected chi connectivity index (χ2v) is 6.41. The minimum atomic E-state index is -0.200. The predicted octanol–water partition coefficient (Wildman–Crippen LogP) is 5.28. The lowest BCUT2D eigenvalue weighted by molar-refractivity contribution is 0.499. The molecular weight excluding hydrogens is 325 g/mol. The molecule has 19 heavy (non-hydrogen) atoms. The Morgan fingerprint density at radius 1 is 1.37 bits per heavy atom. The Kier molecular flexibility index (Phi) is 5.55. The Balaban J connectivity index is 2.02. The summed E-state index contributed by atoms with van der Waals surface area (Å²) in [6.45, 7) is 2.86. The monoisotopic (exact) mass is 341 g/mol. The van der Waals surface area contributed by atoms with E-state index in [-0.39, 0.29) is 5.82 Å². The normalized spacial score (nSPS) is 12.6. The molecule has 0 amide bonds. The van der Waals surface area contributed by atoms with Crippen LogP contribution in [0.4, 0.5) is 4.39 Å². The van der Waals surface area contributed by atoms with E-state index in [1.807, 2.05) is 6.07 Å². The first-order chi connectivity index (χ1) is 9.19. The molecule has 1 N–H and O–H groups in total. The third kappa shape index (κ3) is 4.41. The number of hydrogen-bond donors (Lipinski definition) is 1. The molecule has 0 saturated carbocycles. The Bertz CT molecular complexity index is 493. The molecular formula is C15H17BrFNS. The average Bonchev–Trinajstić information content (AvgIpc) is 2.87. The molecule has 0 aliphatic carbocycles. The van der Waals surface area contributed by atoms with Crippen molar-refractivity contribution < 1.29 is 4.39 Å². The third-order valence-electron chi connectivity index (χ3n) is 2.94. The molecule has 1 heterocycles. The lowest BCUT2D eigenvalue weighted by Gasteiger charge is -2.17. The number of thiophene rings is 1. The van der Waals surface area contributed by atoms with Gasteiger partial charge in [-0.1, -0.05) is 35.3 Å². The van der Waals surface area contributed by atoms with Gasteiger partial charge in [0, 0.05) is 21.9 Å². The van der Waals surface area contributed by atoms with Crippen LogP contribution in [0.3, 0.4) is 0 Å². The van der Waals surface area contributed by atoms with Crippen LogP contribution in [0.15, 0.2) is 40.2 Å². The molecule has 1 aromatic heterocycles.